The Labute approximate surface area is 169 Å². The molecule has 0 bridgehead atoms. The summed E-state index contributed by atoms with van der Waals surface area (Å²) in [4.78, 5) is 27.1. The quantitative estimate of drug-likeness (QED) is 0.728. The van der Waals surface area contributed by atoms with E-state index in [0.717, 1.165) is 33.8 Å². The minimum absolute atomic E-state index is 0.0915. The van der Waals surface area contributed by atoms with E-state index in [9.17, 15) is 9.59 Å². The summed E-state index contributed by atoms with van der Waals surface area (Å²) in [6.07, 6.45) is 1.28. The molecule has 1 N–H and O–H groups in total. The summed E-state index contributed by atoms with van der Waals surface area (Å²) in [5, 5.41) is 4.54. The lowest BCUT2D eigenvalue weighted by Gasteiger charge is -2.39. The van der Waals surface area contributed by atoms with Gasteiger partial charge in [-0.2, -0.15) is 0 Å². The molecule has 4 nitrogen and oxygen atoms in total. The van der Waals surface area contributed by atoms with Gasteiger partial charge < -0.3 is 10.1 Å². The second kappa shape index (κ2) is 6.59. The van der Waals surface area contributed by atoms with E-state index >= 15 is 0 Å². The highest BCUT2D eigenvalue weighted by Gasteiger charge is 2.44. The summed E-state index contributed by atoms with van der Waals surface area (Å²) in [6, 6.07) is 8.23. The molecular formula is C23H25NO3S. The van der Waals surface area contributed by atoms with Gasteiger partial charge in [-0.3, -0.25) is 4.79 Å². The maximum atomic E-state index is 13.2. The lowest BCUT2D eigenvalue weighted by molar-refractivity contribution is -0.136. The monoisotopic (exact) mass is 395 g/mol. The molecule has 1 aliphatic heterocycles. The largest absolute Gasteiger partial charge is 0.466 e. The molecule has 0 saturated heterocycles. The zero-order valence-corrected chi connectivity index (χ0v) is 17.8. The highest BCUT2D eigenvalue weighted by Crippen LogP contribution is 2.50. The van der Waals surface area contributed by atoms with Crippen LogP contribution in [0.25, 0.3) is 10.1 Å². The SMILES string of the molecule is COC(=O)C1=C(C)NC2=C(C(=O)CC(C)(C)C2)[C@@H]1c1sc2ccccc2c1C. The molecule has 0 saturated carbocycles. The zero-order valence-electron chi connectivity index (χ0n) is 16.9. The van der Waals surface area contributed by atoms with Gasteiger partial charge in [-0.25, -0.2) is 4.79 Å². The first-order valence-corrected chi connectivity index (χ1v) is 10.4. The normalized spacial score (nSPS) is 21.6. The Morgan fingerprint density at radius 2 is 1.93 bits per heavy atom. The van der Waals surface area contributed by atoms with Crippen LogP contribution in [0.15, 0.2) is 46.8 Å². The van der Waals surface area contributed by atoms with Crippen LogP contribution in [0.2, 0.25) is 0 Å². The summed E-state index contributed by atoms with van der Waals surface area (Å²) >= 11 is 1.67. The molecule has 0 radical (unpaired) electrons. The number of ketones is 1. The summed E-state index contributed by atoms with van der Waals surface area (Å²) in [6.45, 7) is 8.21. The van der Waals surface area contributed by atoms with E-state index in [0.29, 0.717) is 12.0 Å². The van der Waals surface area contributed by atoms with Gasteiger partial charge in [-0.05, 0) is 42.7 Å². The minimum atomic E-state index is -0.379. The number of thiophene rings is 1. The van der Waals surface area contributed by atoms with Gasteiger partial charge in [0.05, 0.1) is 18.6 Å². The number of hydrogen-bond acceptors (Lipinski definition) is 5. The number of esters is 1. The van der Waals surface area contributed by atoms with Gasteiger partial charge in [-0.15, -0.1) is 11.3 Å². The lowest BCUT2D eigenvalue weighted by atomic mass is 9.69. The molecule has 0 fully saturated rings. The topological polar surface area (TPSA) is 55.4 Å². The van der Waals surface area contributed by atoms with E-state index in [4.69, 9.17) is 4.74 Å². The lowest BCUT2D eigenvalue weighted by Crippen LogP contribution is -2.38. The number of nitrogens with one attached hydrogen (secondary N) is 1. The third-order valence-electron chi connectivity index (χ3n) is 5.79. The second-order valence-electron chi connectivity index (χ2n) is 8.51. The van der Waals surface area contributed by atoms with Crippen molar-refractivity contribution in [2.45, 2.75) is 46.5 Å². The molecule has 1 aliphatic carbocycles. The van der Waals surface area contributed by atoms with Crippen molar-refractivity contribution in [3.05, 3.63) is 57.2 Å². The van der Waals surface area contributed by atoms with Crippen molar-refractivity contribution < 1.29 is 14.3 Å². The van der Waals surface area contributed by atoms with Crippen molar-refractivity contribution in [1.82, 2.24) is 5.32 Å². The number of hydrogen-bond donors (Lipinski definition) is 1. The Kier molecular flexibility index (Phi) is 4.46. The van der Waals surface area contributed by atoms with Crippen LogP contribution in [-0.2, 0) is 14.3 Å². The van der Waals surface area contributed by atoms with Crippen molar-refractivity contribution >= 4 is 33.2 Å². The number of carbonyl (C=O) groups excluding carboxylic acids is 2. The summed E-state index contributed by atoms with van der Waals surface area (Å²) in [5.41, 5.74) is 4.05. The minimum Gasteiger partial charge on any atom is -0.466 e. The second-order valence-corrected chi connectivity index (χ2v) is 9.59. The Morgan fingerprint density at radius 3 is 2.61 bits per heavy atom. The first-order chi connectivity index (χ1) is 13.2. The molecule has 2 heterocycles. The summed E-state index contributed by atoms with van der Waals surface area (Å²) in [7, 11) is 1.40. The fraction of sp³-hybridized carbons (Fsp3) is 0.391. The zero-order chi connectivity index (χ0) is 20.2. The van der Waals surface area contributed by atoms with Gasteiger partial charge in [0.1, 0.15) is 0 Å². The number of rotatable bonds is 2. The summed E-state index contributed by atoms with van der Waals surface area (Å²) in [5.74, 6) is -0.629. The molecule has 146 valence electrons. The molecule has 2 aliphatic rings. The highest BCUT2D eigenvalue weighted by molar-refractivity contribution is 7.19. The van der Waals surface area contributed by atoms with Crippen molar-refractivity contribution in [2.24, 2.45) is 5.41 Å². The number of dihydropyridines is 1. The Balaban J connectivity index is 1.98. The predicted octanol–water partition coefficient (Wildman–Crippen LogP) is 4.99. The van der Waals surface area contributed by atoms with Gasteiger partial charge in [0.2, 0.25) is 0 Å². The standard InChI is InChI=1S/C23H25NO3S/c1-12-14-8-6-7-9-17(14)28-21(12)20-18(22(26)27-5)13(2)24-15-10-23(3,4)11-16(25)19(15)20/h6-9,20,24H,10-11H2,1-5H3/t20-/m1/s1. The van der Waals surface area contributed by atoms with E-state index in [2.05, 4.69) is 38.2 Å². The fourth-order valence-corrected chi connectivity index (χ4v) is 5.88. The smallest absolute Gasteiger partial charge is 0.336 e. The Bertz CT molecular complexity index is 1070. The molecule has 0 spiro atoms. The molecule has 5 heteroatoms. The van der Waals surface area contributed by atoms with Crippen LogP contribution in [0, 0.1) is 12.3 Å². The van der Waals surface area contributed by atoms with Gasteiger partial charge in [0.25, 0.3) is 0 Å². The average molecular weight is 396 g/mol. The van der Waals surface area contributed by atoms with Crippen LogP contribution >= 0.6 is 11.3 Å². The number of aryl methyl sites for hydroxylation is 1. The maximum Gasteiger partial charge on any atom is 0.336 e. The molecule has 1 aromatic heterocycles. The molecule has 1 aromatic carbocycles. The van der Waals surface area contributed by atoms with E-state index in [1.54, 1.807) is 11.3 Å². The molecule has 2 aromatic rings. The van der Waals surface area contributed by atoms with Crippen LogP contribution in [-0.4, -0.2) is 18.9 Å². The molecule has 28 heavy (non-hydrogen) atoms. The Morgan fingerprint density at radius 1 is 1.21 bits per heavy atom. The van der Waals surface area contributed by atoms with Gasteiger partial charge in [-0.1, -0.05) is 32.0 Å². The molecular weight excluding hydrogens is 370 g/mol. The maximum absolute atomic E-state index is 13.2. The number of ether oxygens (including phenoxy) is 1. The van der Waals surface area contributed by atoms with Crippen LogP contribution in [0.4, 0.5) is 0 Å². The van der Waals surface area contributed by atoms with Gasteiger partial charge in [0, 0.05) is 33.0 Å². The average Bonchev–Trinajstić information content (AvgIpc) is 2.95. The van der Waals surface area contributed by atoms with Crippen molar-refractivity contribution in [3.8, 4) is 0 Å². The van der Waals surface area contributed by atoms with Crippen molar-refractivity contribution in [3.63, 3.8) is 0 Å². The Hall–Kier alpha value is -2.40. The van der Waals surface area contributed by atoms with Crippen LogP contribution in [0.1, 0.15) is 50.0 Å². The first-order valence-electron chi connectivity index (χ1n) is 9.54. The predicted molar refractivity (Wildman–Crippen MR) is 112 cm³/mol. The van der Waals surface area contributed by atoms with E-state index in [1.165, 1.54) is 17.2 Å². The van der Waals surface area contributed by atoms with Gasteiger partial charge in [0.15, 0.2) is 5.78 Å². The number of fused-ring (bicyclic) bond motifs is 1. The third-order valence-corrected chi connectivity index (χ3v) is 7.13. The molecule has 0 unspecified atom stereocenters. The van der Waals surface area contributed by atoms with Crippen LogP contribution in [0.3, 0.4) is 0 Å². The number of allylic oxidation sites excluding steroid dienone is 3. The van der Waals surface area contributed by atoms with E-state index in [1.807, 2.05) is 19.1 Å². The van der Waals surface area contributed by atoms with Crippen molar-refractivity contribution in [1.29, 1.82) is 0 Å². The number of methoxy groups -OCH3 is 1. The van der Waals surface area contributed by atoms with Crippen LogP contribution in [0.5, 0.6) is 0 Å². The van der Waals surface area contributed by atoms with Crippen LogP contribution < -0.4 is 5.32 Å². The van der Waals surface area contributed by atoms with E-state index < -0.39 is 0 Å². The number of benzene rings is 1. The molecule has 4 rings (SSSR count). The third kappa shape index (κ3) is 2.89. The highest BCUT2D eigenvalue weighted by atomic mass is 32.1. The van der Waals surface area contributed by atoms with E-state index in [-0.39, 0.29) is 23.1 Å². The fourth-order valence-electron chi connectivity index (χ4n) is 4.55. The summed E-state index contributed by atoms with van der Waals surface area (Å²) < 4.78 is 6.28. The molecule has 1 atom stereocenters. The van der Waals surface area contributed by atoms with Crippen molar-refractivity contribution in [2.75, 3.05) is 7.11 Å². The number of Topliss-reactive ketones (excluding diaryl/α,β-unsaturated/α-hetero) is 1. The number of carbonyl (C=O) groups is 2. The first kappa shape index (κ1) is 18.9. The molecule has 0 amide bonds. The van der Waals surface area contributed by atoms with Gasteiger partial charge >= 0.3 is 5.97 Å².